The molecule has 0 heterocycles. The van der Waals surface area contributed by atoms with Crippen LogP contribution in [-0.2, 0) is 4.79 Å². The van der Waals surface area contributed by atoms with E-state index in [1.807, 2.05) is 13.8 Å². The lowest BCUT2D eigenvalue weighted by Gasteiger charge is -2.31. The highest BCUT2D eigenvalue weighted by Gasteiger charge is 2.26. The summed E-state index contributed by atoms with van der Waals surface area (Å²) in [6.07, 6.45) is 3.90. The topological polar surface area (TPSA) is 61.4 Å². The molecule has 3 N–H and O–H groups in total. The van der Waals surface area contributed by atoms with Crippen LogP contribution in [0.4, 0.5) is 0 Å². The number of rotatable bonds is 10. The first-order valence-corrected chi connectivity index (χ1v) is 7.59. The van der Waals surface area contributed by atoms with Crippen molar-refractivity contribution in [1.29, 1.82) is 0 Å². The predicted molar refractivity (Wildman–Crippen MR) is 80.1 cm³/mol. The molecule has 0 saturated heterocycles. The van der Waals surface area contributed by atoms with Gasteiger partial charge in [0.2, 0.25) is 5.91 Å². The molecule has 1 amide bonds. The van der Waals surface area contributed by atoms with Crippen LogP contribution in [0.2, 0.25) is 0 Å². The van der Waals surface area contributed by atoms with E-state index in [-0.39, 0.29) is 30.0 Å². The molecule has 0 aromatic carbocycles. The number of carbonyl (C=O) groups excluding carboxylic acids is 1. The Morgan fingerprint density at radius 1 is 1.21 bits per heavy atom. The van der Waals surface area contributed by atoms with Crippen molar-refractivity contribution in [1.82, 2.24) is 10.6 Å². The summed E-state index contributed by atoms with van der Waals surface area (Å²) in [5, 5.41) is 15.8. The lowest BCUT2D eigenvalue weighted by molar-refractivity contribution is -0.123. The molecule has 0 aliphatic heterocycles. The van der Waals surface area contributed by atoms with Crippen LogP contribution in [0.1, 0.15) is 60.3 Å². The van der Waals surface area contributed by atoms with Crippen molar-refractivity contribution in [2.75, 3.05) is 13.2 Å². The van der Waals surface area contributed by atoms with Gasteiger partial charge in [0.25, 0.3) is 0 Å². The van der Waals surface area contributed by atoms with Gasteiger partial charge in [-0.2, -0.15) is 0 Å². The van der Waals surface area contributed by atoms with Crippen LogP contribution < -0.4 is 10.6 Å². The van der Waals surface area contributed by atoms with Crippen LogP contribution in [0, 0.1) is 5.41 Å². The van der Waals surface area contributed by atoms with Gasteiger partial charge in [0.15, 0.2) is 0 Å². The number of amides is 1. The van der Waals surface area contributed by atoms with Crippen LogP contribution >= 0.6 is 0 Å². The van der Waals surface area contributed by atoms with Crippen molar-refractivity contribution in [3.8, 4) is 0 Å². The molecule has 0 bridgehead atoms. The summed E-state index contributed by atoms with van der Waals surface area (Å²) in [7, 11) is 0. The van der Waals surface area contributed by atoms with E-state index in [9.17, 15) is 9.90 Å². The number of hydrogen-bond acceptors (Lipinski definition) is 3. The maximum absolute atomic E-state index is 12.0. The van der Waals surface area contributed by atoms with E-state index in [0.29, 0.717) is 6.54 Å². The minimum absolute atomic E-state index is 0.0417. The second kappa shape index (κ2) is 9.32. The van der Waals surface area contributed by atoms with Crippen molar-refractivity contribution < 1.29 is 9.90 Å². The average Bonchev–Trinajstić information content (AvgIpc) is 2.40. The Labute approximate surface area is 118 Å². The van der Waals surface area contributed by atoms with E-state index < -0.39 is 0 Å². The van der Waals surface area contributed by atoms with E-state index >= 15 is 0 Å². The molecule has 19 heavy (non-hydrogen) atoms. The zero-order chi connectivity index (χ0) is 14.9. The minimum atomic E-state index is -0.219. The van der Waals surface area contributed by atoms with Crippen LogP contribution in [0.5, 0.6) is 0 Å². The molecule has 2 unspecified atom stereocenters. The third kappa shape index (κ3) is 6.39. The molecule has 0 aromatic rings. The summed E-state index contributed by atoms with van der Waals surface area (Å²) in [6, 6.07) is 0.00466. The fraction of sp³-hybridized carbons (Fsp3) is 0.933. The highest BCUT2D eigenvalue weighted by Crippen LogP contribution is 2.24. The molecule has 0 aliphatic rings. The minimum Gasteiger partial charge on any atom is -0.396 e. The third-order valence-electron chi connectivity index (χ3n) is 4.12. The number of aliphatic hydroxyl groups excluding tert-OH is 1. The lowest BCUT2D eigenvalue weighted by Crippen LogP contribution is -2.49. The second-order valence-corrected chi connectivity index (χ2v) is 5.67. The average molecular weight is 272 g/mol. The molecule has 0 aliphatic carbocycles. The van der Waals surface area contributed by atoms with E-state index in [0.717, 1.165) is 25.7 Å². The summed E-state index contributed by atoms with van der Waals surface area (Å²) in [4.78, 5) is 12.0. The molecule has 4 nitrogen and oxygen atoms in total. The highest BCUT2D eigenvalue weighted by atomic mass is 16.3. The maximum Gasteiger partial charge on any atom is 0.237 e. The Morgan fingerprint density at radius 3 is 2.21 bits per heavy atom. The van der Waals surface area contributed by atoms with Crippen molar-refractivity contribution in [2.24, 2.45) is 5.41 Å². The molecule has 2 atom stereocenters. The van der Waals surface area contributed by atoms with Crippen molar-refractivity contribution in [3.05, 3.63) is 0 Å². The van der Waals surface area contributed by atoms with Crippen molar-refractivity contribution >= 4 is 5.91 Å². The summed E-state index contributed by atoms with van der Waals surface area (Å²) in [5.74, 6) is 0.0417. The molecule has 0 aromatic heterocycles. The Hall–Kier alpha value is -0.610. The SMILES string of the molecule is CCCC(C)NC(=O)C(C)NCC(CC)(CC)CO. The Bertz CT molecular complexity index is 244. The Balaban J connectivity index is 4.22. The summed E-state index contributed by atoms with van der Waals surface area (Å²) < 4.78 is 0. The summed E-state index contributed by atoms with van der Waals surface area (Å²) in [6.45, 7) is 11.0. The highest BCUT2D eigenvalue weighted by molar-refractivity contribution is 5.81. The monoisotopic (exact) mass is 272 g/mol. The van der Waals surface area contributed by atoms with Gasteiger partial charge in [0.1, 0.15) is 0 Å². The Morgan fingerprint density at radius 2 is 1.79 bits per heavy atom. The molecule has 0 fully saturated rings. The number of nitrogens with one attached hydrogen (secondary N) is 2. The van der Waals surface area contributed by atoms with Crippen LogP contribution in [0.3, 0.4) is 0 Å². The standard InChI is InChI=1S/C15H32N2O2/c1-6-9-12(4)17-14(19)13(5)16-10-15(7-2,8-3)11-18/h12-13,16,18H,6-11H2,1-5H3,(H,17,19). The first-order chi connectivity index (χ1) is 8.94. The molecule has 0 saturated carbocycles. The van der Waals surface area contributed by atoms with Gasteiger partial charge >= 0.3 is 0 Å². The molecule has 0 spiro atoms. The van der Waals surface area contributed by atoms with Gasteiger partial charge < -0.3 is 15.7 Å². The quantitative estimate of drug-likeness (QED) is 0.570. The Kier molecular flexibility index (Phi) is 9.02. The van der Waals surface area contributed by atoms with Crippen LogP contribution in [-0.4, -0.2) is 36.2 Å². The molecule has 0 rings (SSSR count). The molecule has 4 heteroatoms. The van der Waals surface area contributed by atoms with Crippen molar-refractivity contribution in [3.63, 3.8) is 0 Å². The van der Waals surface area contributed by atoms with Gasteiger partial charge in [-0.3, -0.25) is 4.79 Å². The normalized spacial score (nSPS) is 15.1. The van der Waals surface area contributed by atoms with Gasteiger partial charge in [-0.1, -0.05) is 27.2 Å². The van der Waals surface area contributed by atoms with Gasteiger partial charge in [0.05, 0.1) is 6.04 Å². The van der Waals surface area contributed by atoms with Crippen LogP contribution in [0.15, 0.2) is 0 Å². The van der Waals surface area contributed by atoms with Gasteiger partial charge in [-0.25, -0.2) is 0 Å². The van der Waals surface area contributed by atoms with Gasteiger partial charge in [0, 0.05) is 24.6 Å². The van der Waals surface area contributed by atoms with E-state index in [2.05, 4.69) is 31.4 Å². The van der Waals surface area contributed by atoms with Crippen LogP contribution in [0.25, 0.3) is 0 Å². The maximum atomic E-state index is 12.0. The summed E-state index contributed by atoms with van der Waals surface area (Å²) >= 11 is 0. The molecule has 114 valence electrons. The molecular weight excluding hydrogens is 240 g/mol. The van der Waals surface area contributed by atoms with Crippen molar-refractivity contribution in [2.45, 2.75) is 72.4 Å². The second-order valence-electron chi connectivity index (χ2n) is 5.67. The van der Waals surface area contributed by atoms with Gasteiger partial charge in [-0.15, -0.1) is 0 Å². The molecular formula is C15H32N2O2. The first-order valence-electron chi connectivity index (χ1n) is 7.59. The van der Waals surface area contributed by atoms with E-state index in [1.165, 1.54) is 0 Å². The number of aliphatic hydroxyl groups is 1. The third-order valence-corrected chi connectivity index (χ3v) is 4.12. The lowest BCUT2D eigenvalue weighted by atomic mass is 9.83. The number of carbonyl (C=O) groups is 1. The largest absolute Gasteiger partial charge is 0.396 e. The van der Waals surface area contributed by atoms with E-state index in [4.69, 9.17) is 0 Å². The zero-order valence-electron chi connectivity index (χ0n) is 13.3. The fourth-order valence-electron chi connectivity index (χ4n) is 2.11. The fourth-order valence-corrected chi connectivity index (χ4v) is 2.11. The van der Waals surface area contributed by atoms with Gasteiger partial charge in [-0.05, 0) is 33.1 Å². The zero-order valence-corrected chi connectivity index (χ0v) is 13.3. The number of hydrogen-bond donors (Lipinski definition) is 3. The first kappa shape index (κ1) is 18.4. The summed E-state index contributed by atoms with van der Waals surface area (Å²) in [5.41, 5.74) is -0.108. The molecule has 0 radical (unpaired) electrons. The smallest absolute Gasteiger partial charge is 0.237 e. The van der Waals surface area contributed by atoms with E-state index in [1.54, 1.807) is 0 Å². The predicted octanol–water partition coefficient (Wildman–Crippen LogP) is 2.07.